The van der Waals surface area contributed by atoms with Crippen LogP contribution >= 0.6 is 11.8 Å². The van der Waals surface area contributed by atoms with Gasteiger partial charge in [-0.3, -0.25) is 0 Å². The van der Waals surface area contributed by atoms with E-state index in [0.717, 1.165) is 17.0 Å². The molecular weight excluding hydrogens is 256 g/mol. The van der Waals surface area contributed by atoms with Crippen LogP contribution in [-0.4, -0.2) is 19.9 Å². The van der Waals surface area contributed by atoms with E-state index in [0.29, 0.717) is 5.65 Å². The van der Waals surface area contributed by atoms with Crippen LogP contribution in [0.25, 0.3) is 17.2 Å². The monoisotopic (exact) mass is 266 g/mol. The fourth-order valence-corrected chi connectivity index (χ4v) is 3.12. The van der Waals surface area contributed by atoms with E-state index in [1.54, 1.807) is 24.4 Å². The van der Waals surface area contributed by atoms with Crippen molar-refractivity contribution in [2.24, 2.45) is 0 Å². The highest BCUT2D eigenvalue weighted by Gasteiger charge is 2.10. The molecule has 0 saturated carbocycles. The Balaban J connectivity index is 1.75. The average Bonchev–Trinajstić information content (AvgIpc) is 3.06. The summed E-state index contributed by atoms with van der Waals surface area (Å²) in [7, 11) is 0. The second-order valence-electron chi connectivity index (χ2n) is 4.35. The van der Waals surface area contributed by atoms with Gasteiger partial charge in [0, 0.05) is 4.90 Å². The molecule has 4 rings (SSSR count). The average molecular weight is 266 g/mol. The first-order chi connectivity index (χ1) is 9.40. The molecule has 2 aromatic heterocycles. The predicted octanol–water partition coefficient (Wildman–Crippen LogP) is 3.07. The van der Waals surface area contributed by atoms with Crippen LogP contribution in [0.1, 0.15) is 11.1 Å². The first-order valence-electron chi connectivity index (χ1n) is 6.01. The molecule has 0 spiro atoms. The normalized spacial score (nSPS) is 13.1. The summed E-state index contributed by atoms with van der Waals surface area (Å²) in [5.41, 5.74) is 4.29. The third-order valence-corrected chi connectivity index (χ3v) is 4.15. The highest BCUT2D eigenvalue weighted by Crippen LogP contribution is 2.32. The Labute approximate surface area is 114 Å². The van der Waals surface area contributed by atoms with Crippen molar-refractivity contribution in [3.63, 3.8) is 0 Å². The van der Waals surface area contributed by atoms with Gasteiger partial charge in [0.25, 0.3) is 0 Å². The van der Waals surface area contributed by atoms with E-state index in [1.807, 2.05) is 0 Å². The quantitative estimate of drug-likeness (QED) is 0.724. The van der Waals surface area contributed by atoms with Crippen molar-refractivity contribution in [1.29, 1.82) is 0 Å². The Morgan fingerprint density at radius 3 is 3.16 bits per heavy atom. The number of hydrogen-bond acceptors (Lipinski definition) is 4. The Bertz CT molecular complexity index is 791. The molecule has 3 aromatic rings. The van der Waals surface area contributed by atoms with Gasteiger partial charge in [0.15, 0.2) is 5.65 Å². The number of benzene rings is 1. The van der Waals surface area contributed by atoms with E-state index < -0.39 is 0 Å². The van der Waals surface area contributed by atoms with Crippen molar-refractivity contribution in [3.05, 3.63) is 48.1 Å². The third-order valence-electron chi connectivity index (χ3n) is 3.16. The van der Waals surface area contributed by atoms with Gasteiger partial charge >= 0.3 is 0 Å². The number of rotatable bonds is 2. The fraction of sp³-hybridized carbons (Fsp3) is 0.0714. The van der Waals surface area contributed by atoms with Crippen LogP contribution in [0.2, 0.25) is 0 Å². The number of hydrogen-bond donors (Lipinski definition) is 1. The zero-order valence-electron chi connectivity index (χ0n) is 10.00. The van der Waals surface area contributed by atoms with Gasteiger partial charge in [-0.15, -0.1) is 0 Å². The van der Waals surface area contributed by atoms with E-state index in [2.05, 4.69) is 50.3 Å². The van der Waals surface area contributed by atoms with E-state index in [1.165, 1.54) is 16.0 Å². The van der Waals surface area contributed by atoms with Gasteiger partial charge in [-0.25, -0.2) is 15.0 Å². The zero-order valence-corrected chi connectivity index (χ0v) is 10.8. The van der Waals surface area contributed by atoms with Gasteiger partial charge in [-0.1, -0.05) is 30.0 Å². The minimum atomic E-state index is 0.707. The van der Waals surface area contributed by atoms with Gasteiger partial charge < -0.3 is 4.98 Å². The molecule has 0 unspecified atom stereocenters. The molecule has 0 amide bonds. The number of aromatic nitrogens is 4. The lowest BCUT2D eigenvalue weighted by Gasteiger charge is -2.04. The number of fused-ring (bicyclic) bond motifs is 2. The number of allylic oxidation sites excluding steroid dienone is 1. The van der Waals surface area contributed by atoms with Crippen molar-refractivity contribution in [2.75, 3.05) is 0 Å². The summed E-state index contributed by atoms with van der Waals surface area (Å²) >= 11 is 1.63. The topological polar surface area (TPSA) is 54.5 Å². The third kappa shape index (κ3) is 1.82. The molecule has 0 atom stereocenters. The summed E-state index contributed by atoms with van der Waals surface area (Å²) in [6, 6.07) is 6.53. The van der Waals surface area contributed by atoms with Gasteiger partial charge in [0.05, 0.1) is 6.33 Å². The van der Waals surface area contributed by atoms with Crippen LogP contribution in [0.15, 0.2) is 46.9 Å². The minimum Gasteiger partial charge on any atom is -0.341 e. The first kappa shape index (κ1) is 10.8. The standard InChI is InChI=1S/C14H10N4S/c1-2-9-4-5-11(6-10(9)3-1)19-14-12-13(16-7-15-12)17-8-18-14/h1,3-8H,2H2,(H,15,16,17,18). The SMILES string of the molecule is C1=Cc2cc(Sc3ncnc4nc[nH]c34)ccc2C1. The van der Waals surface area contributed by atoms with Gasteiger partial charge in [-0.05, 0) is 29.7 Å². The van der Waals surface area contributed by atoms with Crippen LogP contribution in [0.3, 0.4) is 0 Å². The molecule has 0 fully saturated rings. The smallest absolute Gasteiger partial charge is 0.181 e. The molecule has 0 saturated heterocycles. The molecule has 4 nitrogen and oxygen atoms in total. The molecule has 1 aromatic carbocycles. The number of nitrogens with one attached hydrogen (secondary N) is 1. The molecule has 1 aliphatic carbocycles. The summed E-state index contributed by atoms with van der Waals surface area (Å²) in [6.07, 6.45) is 8.61. The second kappa shape index (κ2) is 4.20. The van der Waals surface area contributed by atoms with E-state index in [9.17, 15) is 0 Å². The molecule has 0 radical (unpaired) electrons. The van der Waals surface area contributed by atoms with Crippen molar-refractivity contribution in [3.8, 4) is 0 Å². The maximum Gasteiger partial charge on any atom is 0.181 e. The molecule has 5 heteroatoms. The number of nitrogens with zero attached hydrogens (tertiary/aromatic N) is 3. The summed E-state index contributed by atoms with van der Waals surface area (Å²) in [5.74, 6) is 0. The molecule has 0 aliphatic heterocycles. The maximum absolute atomic E-state index is 4.33. The summed E-state index contributed by atoms with van der Waals surface area (Å²) in [5, 5.41) is 0.907. The van der Waals surface area contributed by atoms with Gasteiger partial charge in [-0.2, -0.15) is 0 Å². The summed E-state index contributed by atoms with van der Waals surface area (Å²) in [4.78, 5) is 16.9. The van der Waals surface area contributed by atoms with Crippen molar-refractivity contribution < 1.29 is 0 Å². The van der Waals surface area contributed by atoms with E-state index >= 15 is 0 Å². The van der Waals surface area contributed by atoms with Crippen LogP contribution in [-0.2, 0) is 6.42 Å². The first-order valence-corrected chi connectivity index (χ1v) is 6.83. The number of aromatic amines is 1. The Morgan fingerprint density at radius 1 is 1.16 bits per heavy atom. The maximum atomic E-state index is 4.33. The zero-order chi connectivity index (χ0) is 12.7. The van der Waals surface area contributed by atoms with Crippen molar-refractivity contribution in [2.45, 2.75) is 16.3 Å². The predicted molar refractivity (Wildman–Crippen MR) is 75.0 cm³/mol. The molecule has 2 heterocycles. The molecular formula is C14H10N4S. The van der Waals surface area contributed by atoms with E-state index in [-0.39, 0.29) is 0 Å². The molecule has 0 bridgehead atoms. The van der Waals surface area contributed by atoms with Crippen LogP contribution in [0.4, 0.5) is 0 Å². The highest BCUT2D eigenvalue weighted by molar-refractivity contribution is 7.99. The van der Waals surface area contributed by atoms with Crippen molar-refractivity contribution >= 4 is 29.0 Å². The van der Waals surface area contributed by atoms with E-state index in [4.69, 9.17) is 0 Å². The van der Waals surface area contributed by atoms with Crippen LogP contribution in [0, 0.1) is 0 Å². The minimum absolute atomic E-state index is 0.707. The largest absolute Gasteiger partial charge is 0.341 e. The Hall–Kier alpha value is -2.14. The van der Waals surface area contributed by atoms with Crippen LogP contribution in [0.5, 0.6) is 0 Å². The molecule has 1 N–H and O–H groups in total. The lowest BCUT2D eigenvalue weighted by Crippen LogP contribution is -1.87. The fourth-order valence-electron chi connectivity index (χ4n) is 2.22. The molecule has 92 valence electrons. The molecule has 1 aliphatic rings. The lowest BCUT2D eigenvalue weighted by atomic mass is 10.1. The molecule has 19 heavy (non-hydrogen) atoms. The Kier molecular flexibility index (Phi) is 2.38. The van der Waals surface area contributed by atoms with Crippen molar-refractivity contribution in [1.82, 2.24) is 19.9 Å². The van der Waals surface area contributed by atoms with Gasteiger partial charge in [0.1, 0.15) is 16.9 Å². The second-order valence-corrected chi connectivity index (χ2v) is 5.41. The number of H-pyrrole nitrogens is 1. The summed E-state index contributed by atoms with van der Waals surface area (Å²) in [6.45, 7) is 0. The van der Waals surface area contributed by atoms with Gasteiger partial charge in [0.2, 0.25) is 0 Å². The highest BCUT2D eigenvalue weighted by atomic mass is 32.2. The number of imidazole rings is 1. The Morgan fingerprint density at radius 2 is 2.16 bits per heavy atom. The summed E-state index contributed by atoms with van der Waals surface area (Å²) < 4.78 is 0. The lowest BCUT2D eigenvalue weighted by molar-refractivity contribution is 1.08. The van der Waals surface area contributed by atoms with Crippen LogP contribution < -0.4 is 0 Å².